The number of benzene rings is 2. The third kappa shape index (κ3) is 4.75. The molecule has 2 aromatic rings. The van der Waals surface area contributed by atoms with Crippen LogP contribution in [-0.2, 0) is 0 Å². The Hall–Kier alpha value is -2.60. The highest BCUT2D eigenvalue weighted by atomic mass is 32.1. The number of amides is 1. The van der Waals surface area contributed by atoms with Crippen molar-refractivity contribution in [3.63, 3.8) is 0 Å². The van der Waals surface area contributed by atoms with E-state index in [2.05, 4.69) is 16.2 Å². The van der Waals surface area contributed by atoms with Crippen LogP contribution >= 0.6 is 12.2 Å². The minimum Gasteiger partial charge on any atom is -0.494 e. The zero-order valence-electron chi connectivity index (χ0n) is 12.1. The van der Waals surface area contributed by atoms with E-state index < -0.39 is 0 Å². The Balaban J connectivity index is 1.88. The molecule has 0 aliphatic rings. The van der Waals surface area contributed by atoms with Crippen molar-refractivity contribution in [1.82, 2.24) is 10.7 Å². The molecule has 0 radical (unpaired) electrons. The second kappa shape index (κ2) is 7.99. The van der Waals surface area contributed by atoms with E-state index in [4.69, 9.17) is 17.0 Å². The number of para-hydroxylation sites is 1. The molecule has 0 saturated carbocycles. The summed E-state index contributed by atoms with van der Waals surface area (Å²) in [5, 5.41) is 2.79. The van der Waals surface area contributed by atoms with Crippen molar-refractivity contribution in [1.29, 1.82) is 0 Å². The molecule has 0 aliphatic heterocycles. The van der Waals surface area contributed by atoms with Crippen LogP contribution in [0.5, 0.6) is 5.75 Å². The molecule has 0 aliphatic carbocycles. The van der Waals surface area contributed by atoms with E-state index in [1.54, 1.807) is 24.3 Å². The molecule has 114 valence electrons. The summed E-state index contributed by atoms with van der Waals surface area (Å²) in [7, 11) is 0. The number of hydrogen-bond acceptors (Lipinski definition) is 4. The number of rotatable bonds is 5. The van der Waals surface area contributed by atoms with E-state index in [-0.39, 0.29) is 11.0 Å². The van der Waals surface area contributed by atoms with Gasteiger partial charge in [-0.15, -0.1) is 0 Å². The number of thiocarbonyl (C=S) groups is 1. The first-order valence-electron chi connectivity index (χ1n) is 6.84. The summed E-state index contributed by atoms with van der Waals surface area (Å²) in [5.74, 6) is 0.352. The van der Waals surface area contributed by atoms with Crippen molar-refractivity contribution in [3.05, 3.63) is 60.2 Å². The zero-order valence-corrected chi connectivity index (χ0v) is 12.9. The van der Waals surface area contributed by atoms with E-state index >= 15 is 0 Å². The summed E-state index contributed by atoms with van der Waals surface area (Å²) in [6, 6.07) is 16.4. The molecule has 3 N–H and O–H groups in total. The predicted octanol–water partition coefficient (Wildman–Crippen LogP) is 2.72. The highest BCUT2D eigenvalue weighted by Gasteiger charge is 2.08. The maximum atomic E-state index is 12.1. The normalized spacial score (nSPS) is 9.68. The fourth-order valence-corrected chi connectivity index (χ4v) is 1.89. The van der Waals surface area contributed by atoms with Crippen LogP contribution in [0.3, 0.4) is 0 Å². The van der Waals surface area contributed by atoms with Gasteiger partial charge in [-0.3, -0.25) is 21.0 Å². The molecule has 0 atom stereocenters. The van der Waals surface area contributed by atoms with E-state index in [9.17, 15) is 4.79 Å². The molecule has 2 aromatic carbocycles. The second-order valence-electron chi connectivity index (χ2n) is 4.36. The van der Waals surface area contributed by atoms with Crippen molar-refractivity contribution in [2.75, 3.05) is 12.0 Å². The smallest absolute Gasteiger partial charge is 0.257 e. The molecule has 0 unspecified atom stereocenters. The van der Waals surface area contributed by atoms with E-state index in [1.807, 2.05) is 37.3 Å². The standard InChI is InChI=1S/C16H17N3O2S/c1-2-21-14-10-6-7-12(11-14)15(20)17-16(22)19-18-13-8-4-3-5-9-13/h3-11,18H,2H2,1H3,(H2,17,19,20,22). The van der Waals surface area contributed by atoms with Gasteiger partial charge in [0.2, 0.25) is 0 Å². The van der Waals surface area contributed by atoms with Crippen LogP contribution in [0.15, 0.2) is 54.6 Å². The molecule has 0 spiro atoms. The summed E-state index contributed by atoms with van der Waals surface area (Å²) in [6.07, 6.45) is 0. The second-order valence-corrected chi connectivity index (χ2v) is 4.77. The minimum atomic E-state index is -0.297. The molecule has 2 rings (SSSR count). The number of ether oxygens (including phenoxy) is 1. The van der Waals surface area contributed by atoms with Crippen LogP contribution in [0.1, 0.15) is 17.3 Å². The number of hydrazine groups is 1. The van der Waals surface area contributed by atoms with Crippen LogP contribution < -0.4 is 20.9 Å². The third-order valence-electron chi connectivity index (χ3n) is 2.73. The highest BCUT2D eigenvalue weighted by molar-refractivity contribution is 7.80. The fraction of sp³-hybridized carbons (Fsp3) is 0.125. The lowest BCUT2D eigenvalue weighted by atomic mass is 10.2. The number of carbonyl (C=O) groups excluding carboxylic acids is 1. The Kier molecular flexibility index (Phi) is 5.73. The monoisotopic (exact) mass is 315 g/mol. The molecule has 0 bridgehead atoms. The molecule has 0 heterocycles. The van der Waals surface area contributed by atoms with Gasteiger partial charge in [0.05, 0.1) is 12.3 Å². The van der Waals surface area contributed by atoms with Gasteiger partial charge in [0, 0.05) is 5.56 Å². The summed E-state index contributed by atoms with van der Waals surface area (Å²) < 4.78 is 5.37. The number of nitrogens with one attached hydrogen (secondary N) is 3. The van der Waals surface area contributed by atoms with Crippen LogP contribution in [-0.4, -0.2) is 17.6 Å². The van der Waals surface area contributed by atoms with Crippen LogP contribution in [0, 0.1) is 0 Å². The van der Waals surface area contributed by atoms with E-state index in [0.717, 1.165) is 5.69 Å². The SMILES string of the molecule is CCOc1cccc(C(=O)NC(=S)NNc2ccccc2)c1. The van der Waals surface area contributed by atoms with Gasteiger partial charge in [0.25, 0.3) is 5.91 Å². The maximum Gasteiger partial charge on any atom is 0.257 e. The zero-order chi connectivity index (χ0) is 15.8. The first kappa shape index (κ1) is 15.8. The van der Waals surface area contributed by atoms with Gasteiger partial charge < -0.3 is 4.74 Å². The Morgan fingerprint density at radius 1 is 1.14 bits per heavy atom. The van der Waals surface area contributed by atoms with E-state index in [1.165, 1.54) is 0 Å². The molecule has 0 fully saturated rings. The molecule has 6 heteroatoms. The lowest BCUT2D eigenvalue weighted by molar-refractivity contribution is 0.0976. The van der Waals surface area contributed by atoms with Gasteiger partial charge in [0.1, 0.15) is 5.75 Å². The van der Waals surface area contributed by atoms with Crippen LogP contribution in [0.25, 0.3) is 0 Å². The van der Waals surface area contributed by atoms with Gasteiger partial charge in [-0.1, -0.05) is 24.3 Å². The van der Waals surface area contributed by atoms with E-state index in [0.29, 0.717) is 17.9 Å². The van der Waals surface area contributed by atoms with Gasteiger partial charge in [0.15, 0.2) is 5.11 Å². The Labute approximate surface area is 134 Å². The third-order valence-corrected chi connectivity index (χ3v) is 2.93. The summed E-state index contributed by atoms with van der Waals surface area (Å²) in [6.45, 7) is 2.44. The lowest BCUT2D eigenvalue weighted by Gasteiger charge is -2.12. The van der Waals surface area contributed by atoms with Gasteiger partial charge in [-0.25, -0.2) is 0 Å². The Morgan fingerprint density at radius 3 is 2.64 bits per heavy atom. The predicted molar refractivity (Wildman–Crippen MR) is 90.9 cm³/mol. The summed E-state index contributed by atoms with van der Waals surface area (Å²) in [5.41, 5.74) is 6.99. The lowest BCUT2D eigenvalue weighted by Crippen LogP contribution is -2.41. The number of hydrogen-bond donors (Lipinski definition) is 3. The minimum absolute atomic E-state index is 0.190. The fourth-order valence-electron chi connectivity index (χ4n) is 1.75. The molecule has 5 nitrogen and oxygen atoms in total. The van der Waals surface area contributed by atoms with Gasteiger partial charge in [-0.2, -0.15) is 0 Å². The van der Waals surface area contributed by atoms with Crippen LogP contribution in [0.2, 0.25) is 0 Å². The van der Waals surface area contributed by atoms with Crippen molar-refractivity contribution >= 4 is 28.9 Å². The largest absolute Gasteiger partial charge is 0.494 e. The Morgan fingerprint density at radius 2 is 1.91 bits per heavy atom. The molecule has 0 saturated heterocycles. The van der Waals surface area contributed by atoms with Crippen molar-refractivity contribution in [2.45, 2.75) is 6.92 Å². The molecule has 0 aromatic heterocycles. The number of carbonyl (C=O) groups is 1. The van der Waals surface area contributed by atoms with Gasteiger partial charge >= 0.3 is 0 Å². The maximum absolute atomic E-state index is 12.1. The van der Waals surface area contributed by atoms with Gasteiger partial charge in [-0.05, 0) is 49.5 Å². The van der Waals surface area contributed by atoms with Crippen molar-refractivity contribution in [2.24, 2.45) is 0 Å². The molecule has 1 amide bonds. The quantitative estimate of drug-likeness (QED) is 0.585. The average molecular weight is 315 g/mol. The highest BCUT2D eigenvalue weighted by Crippen LogP contribution is 2.13. The molecular weight excluding hydrogens is 298 g/mol. The summed E-state index contributed by atoms with van der Waals surface area (Å²) >= 11 is 5.08. The molecular formula is C16H17N3O2S. The first-order chi connectivity index (χ1) is 10.7. The molecule has 22 heavy (non-hydrogen) atoms. The topological polar surface area (TPSA) is 62.4 Å². The van der Waals surface area contributed by atoms with Crippen LogP contribution in [0.4, 0.5) is 5.69 Å². The average Bonchev–Trinajstić information content (AvgIpc) is 2.54. The van der Waals surface area contributed by atoms with Crippen molar-refractivity contribution < 1.29 is 9.53 Å². The van der Waals surface area contributed by atoms with Crippen molar-refractivity contribution in [3.8, 4) is 5.75 Å². The number of anilines is 1. The summed E-state index contributed by atoms with van der Waals surface area (Å²) in [4.78, 5) is 12.1. The first-order valence-corrected chi connectivity index (χ1v) is 7.25. The Bertz CT molecular complexity index is 647.